The molecule has 0 aliphatic carbocycles. The number of nitrogens with zero attached hydrogens (tertiary/aromatic N) is 1. The molecule has 0 amide bonds. The summed E-state index contributed by atoms with van der Waals surface area (Å²) in [5, 5.41) is 16.6. The molecule has 28 heavy (non-hydrogen) atoms. The van der Waals surface area contributed by atoms with E-state index in [0.717, 1.165) is 10.4 Å². The SMILES string of the molecule is CCNC(=NCc1ccc(OC)c(OC)c1OC)NCC(O)c1ccc(Cl)s1. The van der Waals surface area contributed by atoms with Crippen LogP contribution >= 0.6 is 22.9 Å². The highest BCUT2D eigenvalue weighted by Gasteiger charge is 2.16. The number of methoxy groups -OCH3 is 3. The Labute approximate surface area is 174 Å². The minimum atomic E-state index is -0.669. The Bertz CT molecular complexity index is 797. The maximum Gasteiger partial charge on any atom is 0.203 e. The monoisotopic (exact) mass is 427 g/mol. The highest BCUT2D eigenvalue weighted by molar-refractivity contribution is 7.16. The smallest absolute Gasteiger partial charge is 0.203 e. The van der Waals surface area contributed by atoms with Crippen molar-refractivity contribution in [1.29, 1.82) is 0 Å². The molecule has 2 aromatic rings. The summed E-state index contributed by atoms with van der Waals surface area (Å²) in [6.07, 6.45) is -0.669. The Balaban J connectivity index is 2.11. The summed E-state index contributed by atoms with van der Waals surface area (Å²) in [6, 6.07) is 7.29. The van der Waals surface area contributed by atoms with E-state index in [2.05, 4.69) is 15.6 Å². The number of thiophene rings is 1. The van der Waals surface area contributed by atoms with E-state index in [0.29, 0.717) is 47.2 Å². The van der Waals surface area contributed by atoms with Crippen molar-refractivity contribution in [1.82, 2.24) is 10.6 Å². The van der Waals surface area contributed by atoms with Gasteiger partial charge in [-0.3, -0.25) is 0 Å². The molecule has 0 saturated carbocycles. The van der Waals surface area contributed by atoms with E-state index < -0.39 is 6.10 Å². The van der Waals surface area contributed by atoms with E-state index in [1.807, 2.05) is 25.1 Å². The Morgan fingerprint density at radius 2 is 1.86 bits per heavy atom. The normalized spacial score (nSPS) is 12.4. The first-order chi connectivity index (χ1) is 13.5. The van der Waals surface area contributed by atoms with Gasteiger partial charge in [0.25, 0.3) is 0 Å². The Morgan fingerprint density at radius 1 is 1.11 bits per heavy atom. The summed E-state index contributed by atoms with van der Waals surface area (Å²) in [5.74, 6) is 2.28. The van der Waals surface area contributed by atoms with E-state index in [-0.39, 0.29) is 0 Å². The first-order valence-corrected chi connectivity index (χ1v) is 9.96. The molecule has 2 rings (SSSR count). The van der Waals surface area contributed by atoms with Gasteiger partial charge in [0.1, 0.15) is 6.10 Å². The summed E-state index contributed by atoms with van der Waals surface area (Å²) < 4.78 is 16.9. The van der Waals surface area contributed by atoms with Crippen LogP contribution < -0.4 is 24.8 Å². The Kier molecular flexibility index (Phi) is 8.69. The molecule has 1 unspecified atom stereocenters. The summed E-state index contributed by atoms with van der Waals surface area (Å²) in [5.41, 5.74) is 0.850. The van der Waals surface area contributed by atoms with Crippen LogP contribution in [0.2, 0.25) is 4.34 Å². The second-order valence-corrected chi connectivity index (χ2v) is 7.47. The number of hydrogen-bond acceptors (Lipinski definition) is 6. The van der Waals surface area contributed by atoms with E-state index in [1.54, 1.807) is 27.4 Å². The Hall–Kier alpha value is -2.16. The van der Waals surface area contributed by atoms with Crippen LogP contribution in [0, 0.1) is 0 Å². The first kappa shape index (κ1) is 22.1. The first-order valence-electron chi connectivity index (χ1n) is 8.77. The molecule has 0 spiro atoms. The predicted octanol–water partition coefficient (Wildman–Crippen LogP) is 3.22. The molecule has 1 atom stereocenters. The van der Waals surface area contributed by atoms with Gasteiger partial charge in [-0.2, -0.15) is 0 Å². The van der Waals surface area contributed by atoms with E-state index in [4.69, 9.17) is 25.8 Å². The predicted molar refractivity (Wildman–Crippen MR) is 113 cm³/mol. The average molecular weight is 428 g/mol. The molecule has 154 valence electrons. The maximum absolute atomic E-state index is 10.3. The van der Waals surface area contributed by atoms with E-state index in [9.17, 15) is 5.11 Å². The van der Waals surface area contributed by atoms with Crippen LogP contribution in [-0.4, -0.2) is 45.5 Å². The third-order valence-electron chi connectivity index (χ3n) is 3.92. The fraction of sp³-hybridized carbons (Fsp3) is 0.421. The summed E-state index contributed by atoms with van der Waals surface area (Å²) in [6.45, 7) is 3.34. The molecule has 9 heteroatoms. The number of aliphatic hydroxyl groups is 1. The van der Waals surface area contributed by atoms with Crippen molar-refractivity contribution in [2.45, 2.75) is 19.6 Å². The zero-order valence-corrected chi connectivity index (χ0v) is 18.0. The molecule has 3 N–H and O–H groups in total. The molecule has 1 aromatic carbocycles. The average Bonchev–Trinajstić information content (AvgIpc) is 3.15. The highest BCUT2D eigenvalue weighted by atomic mass is 35.5. The quantitative estimate of drug-likeness (QED) is 0.421. The van der Waals surface area contributed by atoms with Gasteiger partial charge in [0.15, 0.2) is 17.5 Å². The number of rotatable bonds is 9. The van der Waals surface area contributed by atoms with Crippen LogP contribution in [0.15, 0.2) is 29.3 Å². The molecule has 0 bridgehead atoms. The number of aliphatic imine (C=N–C) groups is 1. The lowest BCUT2D eigenvalue weighted by atomic mass is 10.1. The molecule has 0 aliphatic heterocycles. The van der Waals surface area contributed by atoms with Crippen molar-refractivity contribution in [2.75, 3.05) is 34.4 Å². The van der Waals surface area contributed by atoms with Crippen LogP contribution in [0.25, 0.3) is 0 Å². The second kappa shape index (κ2) is 11.0. The molecule has 7 nitrogen and oxygen atoms in total. The second-order valence-electron chi connectivity index (χ2n) is 5.73. The third kappa shape index (κ3) is 5.67. The van der Waals surface area contributed by atoms with Gasteiger partial charge in [-0.15, -0.1) is 11.3 Å². The topological polar surface area (TPSA) is 84.3 Å². The van der Waals surface area contributed by atoms with Crippen LogP contribution in [0.4, 0.5) is 0 Å². The molecule has 0 radical (unpaired) electrons. The standard InChI is InChI=1S/C19H26ClN3O4S/c1-5-21-19(23-11-13(24)15-8-9-16(20)28-15)22-10-12-6-7-14(25-2)18(27-4)17(12)26-3/h6-9,13,24H,5,10-11H2,1-4H3,(H2,21,22,23). The van der Waals surface area contributed by atoms with Crippen LogP contribution in [0.5, 0.6) is 17.2 Å². The fourth-order valence-corrected chi connectivity index (χ4v) is 3.64. The van der Waals surface area contributed by atoms with E-state index in [1.165, 1.54) is 11.3 Å². The number of guanidine groups is 1. The number of aliphatic hydroxyl groups excluding tert-OH is 1. The largest absolute Gasteiger partial charge is 0.493 e. The molecule has 1 aromatic heterocycles. The van der Waals surface area contributed by atoms with Crippen molar-refractivity contribution in [3.05, 3.63) is 39.0 Å². The number of nitrogens with one attached hydrogen (secondary N) is 2. The zero-order chi connectivity index (χ0) is 20.5. The highest BCUT2D eigenvalue weighted by Crippen LogP contribution is 2.39. The lowest BCUT2D eigenvalue weighted by Gasteiger charge is -2.16. The third-order valence-corrected chi connectivity index (χ3v) is 5.26. The maximum atomic E-state index is 10.3. The van der Waals surface area contributed by atoms with Gasteiger partial charge in [0.05, 0.1) is 32.2 Å². The molecule has 0 saturated heterocycles. The van der Waals surface area contributed by atoms with Gasteiger partial charge in [-0.25, -0.2) is 4.99 Å². The van der Waals surface area contributed by atoms with Gasteiger partial charge in [0, 0.05) is 23.5 Å². The number of benzene rings is 1. The van der Waals surface area contributed by atoms with E-state index >= 15 is 0 Å². The molecular weight excluding hydrogens is 402 g/mol. The fourth-order valence-electron chi connectivity index (χ4n) is 2.59. The van der Waals surface area contributed by atoms with Gasteiger partial charge in [-0.1, -0.05) is 11.6 Å². The van der Waals surface area contributed by atoms with Crippen molar-refractivity contribution in [3.63, 3.8) is 0 Å². The van der Waals surface area contributed by atoms with Gasteiger partial charge < -0.3 is 30.0 Å². The van der Waals surface area contributed by atoms with Crippen LogP contribution in [-0.2, 0) is 6.54 Å². The summed E-state index contributed by atoms with van der Waals surface area (Å²) in [7, 11) is 4.72. The number of halogens is 1. The molecule has 0 aliphatic rings. The number of ether oxygens (including phenoxy) is 3. The van der Waals surface area contributed by atoms with Crippen molar-refractivity contribution in [3.8, 4) is 17.2 Å². The minimum Gasteiger partial charge on any atom is -0.493 e. The number of hydrogen-bond donors (Lipinski definition) is 3. The van der Waals surface area contributed by atoms with Crippen molar-refractivity contribution in [2.24, 2.45) is 4.99 Å². The lowest BCUT2D eigenvalue weighted by molar-refractivity contribution is 0.184. The molecule has 1 heterocycles. The minimum absolute atomic E-state index is 0.311. The zero-order valence-electron chi connectivity index (χ0n) is 16.4. The van der Waals surface area contributed by atoms with Crippen LogP contribution in [0.1, 0.15) is 23.5 Å². The lowest BCUT2D eigenvalue weighted by Crippen LogP contribution is -2.39. The van der Waals surface area contributed by atoms with Gasteiger partial charge in [-0.05, 0) is 31.2 Å². The Morgan fingerprint density at radius 3 is 2.43 bits per heavy atom. The molecular formula is C19H26ClN3O4S. The van der Waals surface area contributed by atoms with Gasteiger partial charge >= 0.3 is 0 Å². The van der Waals surface area contributed by atoms with Crippen molar-refractivity contribution >= 4 is 28.9 Å². The van der Waals surface area contributed by atoms with Crippen molar-refractivity contribution < 1.29 is 19.3 Å². The summed E-state index contributed by atoms with van der Waals surface area (Å²) in [4.78, 5) is 5.38. The van der Waals surface area contributed by atoms with Gasteiger partial charge in [0.2, 0.25) is 5.75 Å². The van der Waals surface area contributed by atoms with Crippen LogP contribution in [0.3, 0.4) is 0 Å². The summed E-state index contributed by atoms with van der Waals surface area (Å²) >= 11 is 7.29. The molecule has 0 fully saturated rings.